The molecule has 0 bridgehead atoms. The summed E-state index contributed by atoms with van der Waals surface area (Å²) in [6.45, 7) is 6.20. The van der Waals surface area contributed by atoms with Crippen LogP contribution in [0.25, 0.3) is 0 Å². The van der Waals surface area contributed by atoms with Gasteiger partial charge in [0.1, 0.15) is 0 Å². The van der Waals surface area contributed by atoms with Crippen molar-refractivity contribution in [1.29, 1.82) is 0 Å². The van der Waals surface area contributed by atoms with Crippen molar-refractivity contribution in [3.05, 3.63) is 34.9 Å². The van der Waals surface area contributed by atoms with E-state index >= 15 is 0 Å². The van der Waals surface area contributed by atoms with E-state index in [1.54, 1.807) is 0 Å². The fourth-order valence-corrected chi connectivity index (χ4v) is 2.70. The fourth-order valence-electron chi connectivity index (χ4n) is 2.70. The number of benzene rings is 1. The molecule has 110 valence electrons. The van der Waals surface area contributed by atoms with Crippen molar-refractivity contribution in [2.45, 2.75) is 58.5 Å². The minimum absolute atomic E-state index is 0.0578. The lowest BCUT2D eigenvalue weighted by molar-refractivity contribution is 0.0938. The summed E-state index contributed by atoms with van der Waals surface area (Å²) in [4.78, 5) is 12.2. The predicted molar refractivity (Wildman–Crippen MR) is 82.9 cm³/mol. The summed E-state index contributed by atoms with van der Waals surface area (Å²) in [5.74, 6) is 0.0578. The van der Waals surface area contributed by atoms with E-state index in [4.69, 9.17) is 0 Å². The van der Waals surface area contributed by atoms with Crippen LogP contribution in [0.1, 0.15) is 61.0 Å². The molecule has 1 heterocycles. The third-order valence-corrected chi connectivity index (χ3v) is 3.97. The van der Waals surface area contributed by atoms with E-state index in [1.807, 2.05) is 12.1 Å². The molecule has 1 unspecified atom stereocenters. The fraction of sp³-hybridized carbons (Fsp3) is 0.588. The quantitative estimate of drug-likeness (QED) is 0.783. The van der Waals surface area contributed by atoms with Gasteiger partial charge >= 0.3 is 0 Å². The minimum Gasteiger partial charge on any atom is -0.350 e. The van der Waals surface area contributed by atoms with Crippen LogP contribution in [0.4, 0.5) is 0 Å². The van der Waals surface area contributed by atoms with Gasteiger partial charge in [0.2, 0.25) is 0 Å². The molecule has 3 nitrogen and oxygen atoms in total. The van der Waals surface area contributed by atoms with Crippen LogP contribution < -0.4 is 10.6 Å². The van der Waals surface area contributed by atoms with Crippen LogP contribution in [0, 0.1) is 0 Å². The first-order chi connectivity index (χ1) is 9.70. The molecule has 0 radical (unpaired) electrons. The van der Waals surface area contributed by atoms with E-state index < -0.39 is 0 Å². The van der Waals surface area contributed by atoms with E-state index in [-0.39, 0.29) is 11.9 Å². The molecule has 1 aliphatic rings. The van der Waals surface area contributed by atoms with Crippen molar-refractivity contribution < 1.29 is 4.79 Å². The summed E-state index contributed by atoms with van der Waals surface area (Å²) in [6, 6.07) is 6.35. The maximum Gasteiger partial charge on any atom is 0.251 e. The molecule has 1 atom stereocenters. The molecule has 1 aromatic rings. The highest BCUT2D eigenvalue weighted by Crippen LogP contribution is 2.16. The molecule has 0 aliphatic carbocycles. The Morgan fingerprint density at radius 3 is 3.00 bits per heavy atom. The molecule has 2 N–H and O–H groups in total. The highest BCUT2D eigenvalue weighted by molar-refractivity contribution is 5.94. The second-order valence-corrected chi connectivity index (χ2v) is 5.78. The highest BCUT2D eigenvalue weighted by Gasteiger charge is 2.13. The lowest BCUT2D eigenvalue weighted by Gasteiger charge is -2.18. The molecule has 0 spiro atoms. The number of amides is 1. The molecule has 0 saturated heterocycles. The normalized spacial score (nSPS) is 15.5. The Morgan fingerprint density at radius 1 is 1.35 bits per heavy atom. The van der Waals surface area contributed by atoms with Crippen LogP contribution in [0.5, 0.6) is 0 Å². The lowest BCUT2D eigenvalue weighted by Crippen LogP contribution is -2.33. The van der Waals surface area contributed by atoms with Crippen molar-refractivity contribution in [2.75, 3.05) is 6.54 Å². The Hall–Kier alpha value is -1.35. The molecular formula is C17H26N2O. The molecular weight excluding hydrogens is 248 g/mol. The van der Waals surface area contributed by atoms with Gasteiger partial charge in [0.05, 0.1) is 0 Å². The maximum absolute atomic E-state index is 12.2. The first kappa shape index (κ1) is 15.0. The van der Waals surface area contributed by atoms with Crippen LogP contribution in [0.3, 0.4) is 0 Å². The Morgan fingerprint density at radius 2 is 2.20 bits per heavy atom. The van der Waals surface area contributed by atoms with Gasteiger partial charge < -0.3 is 10.6 Å². The summed E-state index contributed by atoms with van der Waals surface area (Å²) in [5, 5.41) is 6.45. The third-order valence-electron chi connectivity index (χ3n) is 3.97. The van der Waals surface area contributed by atoms with Gasteiger partial charge in [0.25, 0.3) is 5.91 Å². The van der Waals surface area contributed by atoms with Gasteiger partial charge in [-0.1, -0.05) is 32.3 Å². The third kappa shape index (κ3) is 4.07. The van der Waals surface area contributed by atoms with Crippen molar-refractivity contribution >= 4 is 5.91 Å². The van der Waals surface area contributed by atoms with Gasteiger partial charge in [0.15, 0.2) is 0 Å². The number of nitrogens with one attached hydrogen (secondary N) is 2. The highest BCUT2D eigenvalue weighted by atomic mass is 16.1. The number of fused-ring (bicyclic) bond motifs is 1. The number of rotatable bonds is 6. The molecule has 0 fully saturated rings. The van der Waals surface area contributed by atoms with Gasteiger partial charge in [-0.05, 0) is 49.6 Å². The maximum atomic E-state index is 12.2. The zero-order valence-electron chi connectivity index (χ0n) is 12.7. The smallest absolute Gasteiger partial charge is 0.251 e. The molecule has 0 aromatic heterocycles. The van der Waals surface area contributed by atoms with Crippen LogP contribution in [0.15, 0.2) is 18.2 Å². The van der Waals surface area contributed by atoms with E-state index in [0.717, 1.165) is 31.5 Å². The Kier molecular flexibility index (Phi) is 5.60. The van der Waals surface area contributed by atoms with E-state index in [9.17, 15) is 4.79 Å². The SMILES string of the molecule is CCCCCC(C)NC(=O)c1ccc2c(c1)CNCC2. The van der Waals surface area contributed by atoms with E-state index in [1.165, 1.54) is 30.4 Å². The minimum atomic E-state index is 0.0578. The van der Waals surface area contributed by atoms with Crippen LogP contribution in [0.2, 0.25) is 0 Å². The van der Waals surface area contributed by atoms with Gasteiger partial charge in [0, 0.05) is 18.2 Å². The van der Waals surface area contributed by atoms with E-state index in [2.05, 4.69) is 30.5 Å². The molecule has 3 heteroatoms. The summed E-state index contributed by atoms with van der Waals surface area (Å²) in [5.41, 5.74) is 3.42. The number of hydrogen-bond donors (Lipinski definition) is 2. The zero-order valence-corrected chi connectivity index (χ0v) is 12.7. The summed E-state index contributed by atoms with van der Waals surface area (Å²) in [6.07, 6.45) is 5.77. The van der Waals surface area contributed by atoms with Gasteiger partial charge in [-0.3, -0.25) is 4.79 Å². The number of carbonyl (C=O) groups excluding carboxylic acids is 1. The van der Waals surface area contributed by atoms with Crippen LogP contribution >= 0.6 is 0 Å². The van der Waals surface area contributed by atoms with Gasteiger partial charge in [-0.15, -0.1) is 0 Å². The first-order valence-electron chi connectivity index (χ1n) is 7.84. The van der Waals surface area contributed by atoms with Gasteiger partial charge in [-0.25, -0.2) is 0 Å². The molecule has 20 heavy (non-hydrogen) atoms. The molecule has 2 rings (SSSR count). The van der Waals surface area contributed by atoms with Crippen molar-refractivity contribution in [2.24, 2.45) is 0 Å². The first-order valence-corrected chi connectivity index (χ1v) is 7.84. The largest absolute Gasteiger partial charge is 0.350 e. The lowest BCUT2D eigenvalue weighted by atomic mass is 9.98. The predicted octanol–water partition coefficient (Wildman–Crippen LogP) is 3.03. The van der Waals surface area contributed by atoms with Crippen LogP contribution in [-0.4, -0.2) is 18.5 Å². The van der Waals surface area contributed by atoms with Crippen molar-refractivity contribution in [3.63, 3.8) is 0 Å². The number of carbonyl (C=O) groups is 1. The number of unbranched alkanes of at least 4 members (excludes halogenated alkanes) is 2. The Balaban J connectivity index is 1.92. The van der Waals surface area contributed by atoms with E-state index in [0.29, 0.717) is 0 Å². The average molecular weight is 274 g/mol. The monoisotopic (exact) mass is 274 g/mol. The Bertz CT molecular complexity index is 456. The van der Waals surface area contributed by atoms with Crippen molar-refractivity contribution in [3.8, 4) is 0 Å². The van der Waals surface area contributed by atoms with Gasteiger partial charge in [-0.2, -0.15) is 0 Å². The van der Waals surface area contributed by atoms with Crippen LogP contribution in [-0.2, 0) is 13.0 Å². The summed E-state index contributed by atoms with van der Waals surface area (Å²) >= 11 is 0. The summed E-state index contributed by atoms with van der Waals surface area (Å²) < 4.78 is 0. The molecule has 0 saturated carbocycles. The average Bonchev–Trinajstić information content (AvgIpc) is 2.47. The topological polar surface area (TPSA) is 41.1 Å². The second-order valence-electron chi connectivity index (χ2n) is 5.78. The standard InChI is InChI=1S/C17H26N2O/c1-3-4-5-6-13(2)19-17(20)15-8-7-14-9-10-18-12-16(14)11-15/h7-8,11,13,18H,3-6,9-10,12H2,1-2H3,(H,19,20). The molecule has 1 aromatic carbocycles. The molecule has 1 amide bonds. The van der Waals surface area contributed by atoms with Crippen molar-refractivity contribution in [1.82, 2.24) is 10.6 Å². The number of hydrogen-bond acceptors (Lipinski definition) is 2. The summed E-state index contributed by atoms with van der Waals surface area (Å²) in [7, 11) is 0. The molecule has 1 aliphatic heterocycles. The Labute approximate surface area is 122 Å². The second kappa shape index (κ2) is 7.44. The zero-order chi connectivity index (χ0) is 14.4.